The van der Waals surface area contributed by atoms with Crippen LogP contribution in [0.25, 0.3) is 0 Å². The van der Waals surface area contributed by atoms with Gasteiger partial charge in [0.15, 0.2) is 6.61 Å². The Labute approximate surface area is 160 Å². The molecule has 0 aliphatic heterocycles. The van der Waals surface area contributed by atoms with Gasteiger partial charge in [-0.15, -0.1) is 0 Å². The third-order valence-electron chi connectivity index (χ3n) is 4.44. The smallest absolute Gasteiger partial charge is 0.261 e. The first-order valence-corrected chi connectivity index (χ1v) is 8.78. The van der Waals surface area contributed by atoms with E-state index in [1.165, 1.54) is 4.90 Å². The molecule has 0 aliphatic rings. The largest absolute Gasteiger partial charge is 0.497 e. The van der Waals surface area contributed by atoms with Gasteiger partial charge in [-0.2, -0.15) is 0 Å². The molecular formula is C21H26N2O4. The molecule has 144 valence electrons. The van der Waals surface area contributed by atoms with Crippen molar-refractivity contribution in [3.05, 3.63) is 59.7 Å². The van der Waals surface area contributed by atoms with Crippen molar-refractivity contribution in [1.82, 2.24) is 10.2 Å². The highest BCUT2D eigenvalue weighted by Gasteiger charge is 2.26. The summed E-state index contributed by atoms with van der Waals surface area (Å²) < 4.78 is 10.7. The third kappa shape index (κ3) is 5.48. The summed E-state index contributed by atoms with van der Waals surface area (Å²) in [6.45, 7) is 3.88. The Morgan fingerprint density at radius 2 is 1.70 bits per heavy atom. The van der Waals surface area contributed by atoms with Crippen molar-refractivity contribution in [2.75, 3.05) is 20.8 Å². The number of rotatable bonds is 8. The molecule has 6 nitrogen and oxygen atoms in total. The van der Waals surface area contributed by atoms with Gasteiger partial charge in [-0.1, -0.05) is 24.3 Å². The fourth-order valence-electron chi connectivity index (χ4n) is 2.66. The summed E-state index contributed by atoms with van der Waals surface area (Å²) in [5, 5.41) is 2.60. The number of hydrogen-bond acceptors (Lipinski definition) is 4. The van der Waals surface area contributed by atoms with Gasteiger partial charge in [0.05, 0.1) is 7.11 Å². The molecule has 0 aromatic heterocycles. The first kappa shape index (κ1) is 20.3. The number of likely N-dealkylation sites (N-methyl/N-ethyl adjacent to an activating group) is 1. The van der Waals surface area contributed by atoms with Gasteiger partial charge in [0.1, 0.15) is 17.5 Å². The minimum Gasteiger partial charge on any atom is -0.497 e. The molecule has 2 aromatic rings. The predicted octanol–water partition coefficient (Wildman–Crippen LogP) is 2.55. The molecule has 0 radical (unpaired) electrons. The topological polar surface area (TPSA) is 67.9 Å². The number of carbonyl (C=O) groups is 2. The highest BCUT2D eigenvalue weighted by atomic mass is 16.5. The Hall–Kier alpha value is -3.02. The fraction of sp³-hybridized carbons (Fsp3) is 0.333. The second kappa shape index (κ2) is 9.62. The van der Waals surface area contributed by atoms with E-state index in [2.05, 4.69) is 5.32 Å². The molecule has 27 heavy (non-hydrogen) atoms. The van der Waals surface area contributed by atoms with Crippen molar-refractivity contribution < 1.29 is 19.1 Å². The number of methoxy groups -OCH3 is 1. The van der Waals surface area contributed by atoms with E-state index >= 15 is 0 Å². The molecule has 0 saturated heterocycles. The number of nitrogens with zero attached hydrogens (tertiary/aromatic N) is 1. The highest BCUT2D eigenvalue weighted by Crippen LogP contribution is 2.18. The van der Waals surface area contributed by atoms with E-state index in [1.54, 1.807) is 45.3 Å². The van der Waals surface area contributed by atoms with Crippen molar-refractivity contribution in [3.8, 4) is 11.5 Å². The summed E-state index contributed by atoms with van der Waals surface area (Å²) in [7, 11) is 3.14. The van der Waals surface area contributed by atoms with E-state index in [0.717, 1.165) is 11.1 Å². The van der Waals surface area contributed by atoms with Crippen molar-refractivity contribution in [2.45, 2.75) is 26.4 Å². The second-order valence-electron chi connectivity index (χ2n) is 6.20. The first-order chi connectivity index (χ1) is 13.0. The maximum absolute atomic E-state index is 12.8. The van der Waals surface area contributed by atoms with Gasteiger partial charge in [-0.25, -0.2) is 0 Å². The van der Waals surface area contributed by atoms with E-state index in [9.17, 15) is 9.59 Å². The Bertz CT molecular complexity index is 774. The van der Waals surface area contributed by atoms with Gasteiger partial charge >= 0.3 is 0 Å². The lowest BCUT2D eigenvalue weighted by Crippen LogP contribution is -2.48. The average Bonchev–Trinajstić information content (AvgIpc) is 2.70. The Balaban J connectivity index is 2.12. The fourth-order valence-corrected chi connectivity index (χ4v) is 2.66. The second-order valence-corrected chi connectivity index (χ2v) is 6.20. The summed E-state index contributed by atoms with van der Waals surface area (Å²) in [5.41, 5.74) is 2.06. The molecule has 2 amide bonds. The summed E-state index contributed by atoms with van der Waals surface area (Å²) in [5.74, 6) is 0.794. The highest BCUT2D eigenvalue weighted by molar-refractivity contribution is 5.87. The number of ether oxygens (including phenoxy) is 2. The van der Waals surface area contributed by atoms with Crippen LogP contribution in [0.5, 0.6) is 11.5 Å². The van der Waals surface area contributed by atoms with Crippen LogP contribution in [-0.4, -0.2) is 43.5 Å². The molecule has 0 aliphatic carbocycles. The van der Waals surface area contributed by atoms with Crippen LogP contribution >= 0.6 is 0 Å². The van der Waals surface area contributed by atoms with E-state index < -0.39 is 6.04 Å². The van der Waals surface area contributed by atoms with Gasteiger partial charge < -0.3 is 19.7 Å². The lowest BCUT2D eigenvalue weighted by Gasteiger charge is -2.28. The zero-order valence-electron chi connectivity index (χ0n) is 16.2. The van der Waals surface area contributed by atoms with Crippen LogP contribution in [0.15, 0.2) is 48.5 Å². The summed E-state index contributed by atoms with van der Waals surface area (Å²) in [6.07, 6.45) is 0. The van der Waals surface area contributed by atoms with E-state index in [-0.39, 0.29) is 18.4 Å². The predicted molar refractivity (Wildman–Crippen MR) is 104 cm³/mol. The summed E-state index contributed by atoms with van der Waals surface area (Å²) in [6, 6.07) is 14.2. The quantitative estimate of drug-likeness (QED) is 0.775. The third-order valence-corrected chi connectivity index (χ3v) is 4.44. The first-order valence-electron chi connectivity index (χ1n) is 8.78. The number of amides is 2. The van der Waals surface area contributed by atoms with Crippen LogP contribution in [0.2, 0.25) is 0 Å². The van der Waals surface area contributed by atoms with Crippen molar-refractivity contribution in [1.29, 1.82) is 0 Å². The summed E-state index contributed by atoms with van der Waals surface area (Å²) in [4.78, 5) is 26.5. The van der Waals surface area contributed by atoms with E-state index in [0.29, 0.717) is 18.0 Å². The van der Waals surface area contributed by atoms with Gasteiger partial charge in [0.25, 0.3) is 5.91 Å². The summed E-state index contributed by atoms with van der Waals surface area (Å²) >= 11 is 0. The molecule has 0 bridgehead atoms. The molecule has 1 unspecified atom stereocenters. The molecule has 0 saturated carbocycles. The van der Waals surface area contributed by atoms with Crippen LogP contribution < -0.4 is 14.8 Å². The molecule has 2 aromatic carbocycles. The zero-order valence-corrected chi connectivity index (χ0v) is 16.2. The minimum atomic E-state index is -0.610. The molecule has 6 heteroatoms. The molecule has 0 heterocycles. The minimum absolute atomic E-state index is 0.153. The van der Waals surface area contributed by atoms with Crippen LogP contribution in [0.4, 0.5) is 0 Å². The van der Waals surface area contributed by atoms with Gasteiger partial charge in [0, 0.05) is 13.6 Å². The van der Waals surface area contributed by atoms with Gasteiger partial charge in [0.2, 0.25) is 5.91 Å². The van der Waals surface area contributed by atoms with Crippen LogP contribution in [0, 0.1) is 6.92 Å². The van der Waals surface area contributed by atoms with Crippen molar-refractivity contribution in [2.24, 2.45) is 0 Å². The molecule has 2 rings (SSSR count). The Kier molecular flexibility index (Phi) is 7.23. The van der Waals surface area contributed by atoms with Gasteiger partial charge in [-0.05, 0) is 49.2 Å². The Morgan fingerprint density at radius 3 is 2.30 bits per heavy atom. The molecule has 1 N–H and O–H groups in total. The number of aryl methyl sites for hydroxylation is 1. The standard InChI is InChI=1S/C21H26N2O4/c1-15-7-5-6-8-17(15)13-23(16(2)21(25)22-3)20(24)14-27-19-11-9-18(26-4)10-12-19/h5-12,16H,13-14H2,1-4H3,(H,22,25). The molecule has 0 fully saturated rings. The number of carbonyl (C=O) groups excluding carboxylic acids is 2. The van der Waals surface area contributed by atoms with Gasteiger partial charge in [-0.3, -0.25) is 9.59 Å². The normalized spacial score (nSPS) is 11.4. The SMILES string of the molecule is CNC(=O)C(C)N(Cc1ccccc1C)C(=O)COc1ccc(OC)cc1. The lowest BCUT2D eigenvalue weighted by molar-refractivity contribution is -0.142. The van der Waals surface area contributed by atoms with Crippen molar-refractivity contribution >= 4 is 11.8 Å². The van der Waals surface area contributed by atoms with E-state index in [4.69, 9.17) is 9.47 Å². The van der Waals surface area contributed by atoms with E-state index in [1.807, 2.05) is 31.2 Å². The van der Waals surface area contributed by atoms with Crippen LogP contribution in [-0.2, 0) is 16.1 Å². The maximum atomic E-state index is 12.8. The monoisotopic (exact) mass is 370 g/mol. The molecular weight excluding hydrogens is 344 g/mol. The van der Waals surface area contributed by atoms with Crippen LogP contribution in [0.1, 0.15) is 18.1 Å². The average molecular weight is 370 g/mol. The van der Waals surface area contributed by atoms with Crippen molar-refractivity contribution in [3.63, 3.8) is 0 Å². The maximum Gasteiger partial charge on any atom is 0.261 e. The molecule has 0 spiro atoms. The number of benzene rings is 2. The Morgan fingerprint density at radius 1 is 1.07 bits per heavy atom. The zero-order chi connectivity index (χ0) is 19.8. The number of hydrogen-bond donors (Lipinski definition) is 1. The van der Waals surface area contributed by atoms with Crippen LogP contribution in [0.3, 0.4) is 0 Å². The number of nitrogens with one attached hydrogen (secondary N) is 1. The molecule has 1 atom stereocenters. The lowest BCUT2D eigenvalue weighted by atomic mass is 10.1.